The molecule has 3 amide bonds. The molecule has 0 aromatic carbocycles. The summed E-state index contributed by atoms with van der Waals surface area (Å²) in [5, 5.41) is 0. The van der Waals surface area contributed by atoms with E-state index in [-0.39, 0.29) is 23.4 Å². The molecule has 0 aromatic rings. The van der Waals surface area contributed by atoms with Crippen molar-refractivity contribution in [2.45, 2.75) is 38.3 Å². The Hall–Kier alpha value is -2.09. The minimum absolute atomic E-state index is 0.0398. The van der Waals surface area contributed by atoms with Crippen LogP contribution in [0.25, 0.3) is 0 Å². The first-order valence-electron chi connectivity index (χ1n) is 9.39. The fraction of sp³-hybridized carbons (Fsp3) is 0.737. The number of carbonyl (C=O) groups excluding carboxylic acids is 3. The first kappa shape index (κ1) is 21.2. The number of carbonyl (C=O) groups is 3. The minimum atomic E-state index is -0.603. The highest BCUT2D eigenvalue weighted by atomic mass is 16.5. The molecule has 1 spiro atoms. The lowest BCUT2D eigenvalue weighted by Gasteiger charge is -2.44. The summed E-state index contributed by atoms with van der Waals surface area (Å²) in [7, 11) is 5.01. The summed E-state index contributed by atoms with van der Waals surface area (Å²) in [6.07, 6.45) is 2.92. The summed E-state index contributed by atoms with van der Waals surface area (Å²) >= 11 is 0. The Kier molecular flexibility index (Phi) is 6.51. The third-order valence-electron chi connectivity index (χ3n) is 5.92. The number of piperidine rings is 1. The molecule has 8 nitrogen and oxygen atoms in total. The molecule has 0 radical (unpaired) electrons. The Balaban J connectivity index is 2.02. The van der Waals surface area contributed by atoms with Crippen LogP contribution in [-0.2, 0) is 14.3 Å². The number of hydrogen-bond acceptors (Lipinski definition) is 5. The van der Waals surface area contributed by atoms with E-state index in [9.17, 15) is 14.4 Å². The largest absolute Gasteiger partial charge is 0.467 e. The second-order valence-electron chi connectivity index (χ2n) is 7.90. The lowest BCUT2D eigenvalue weighted by Crippen LogP contribution is -2.57. The minimum Gasteiger partial charge on any atom is -0.467 e. The number of urea groups is 1. The first-order valence-corrected chi connectivity index (χ1v) is 9.39. The summed E-state index contributed by atoms with van der Waals surface area (Å²) in [5.41, 5.74) is -0.103. The van der Waals surface area contributed by atoms with Gasteiger partial charge in [-0.2, -0.15) is 0 Å². The summed E-state index contributed by atoms with van der Waals surface area (Å²) < 4.78 is 4.86. The molecule has 2 heterocycles. The molecule has 0 saturated carbocycles. The van der Waals surface area contributed by atoms with Crippen molar-refractivity contribution in [3.05, 3.63) is 12.7 Å². The summed E-state index contributed by atoms with van der Waals surface area (Å²) in [6.45, 7) is 9.78. The van der Waals surface area contributed by atoms with Crippen LogP contribution in [0.1, 0.15) is 26.7 Å². The number of ether oxygens (including phenoxy) is 1. The molecular weight excluding hydrogens is 348 g/mol. The van der Waals surface area contributed by atoms with E-state index < -0.39 is 12.0 Å². The van der Waals surface area contributed by atoms with Crippen LogP contribution in [0.4, 0.5) is 4.79 Å². The number of methoxy groups -OCH3 is 1. The highest BCUT2D eigenvalue weighted by Crippen LogP contribution is 2.34. The molecular formula is C19H32N4O4. The van der Waals surface area contributed by atoms with Gasteiger partial charge in [-0.15, -0.1) is 0 Å². The molecule has 27 heavy (non-hydrogen) atoms. The van der Waals surface area contributed by atoms with Gasteiger partial charge in [0.2, 0.25) is 5.91 Å². The molecule has 0 aromatic heterocycles. The standard InChI is InChI=1S/C19H32N4O4/c1-7-15(24)23-12-19(20(4)13-23)8-10-22(11-9-19)18(26)21(5)16(14(2)3)17(25)27-6/h7,14,16H,1,8-13H2,2-6H3/t16-/m0/s1. The smallest absolute Gasteiger partial charge is 0.328 e. The van der Waals surface area contributed by atoms with E-state index in [1.807, 2.05) is 20.9 Å². The van der Waals surface area contributed by atoms with Gasteiger partial charge >= 0.3 is 12.0 Å². The average Bonchev–Trinajstić information content (AvgIpc) is 2.96. The van der Waals surface area contributed by atoms with E-state index in [4.69, 9.17) is 4.74 Å². The predicted molar refractivity (Wildman–Crippen MR) is 102 cm³/mol. The first-order chi connectivity index (χ1) is 12.7. The number of nitrogens with zero attached hydrogens (tertiary/aromatic N) is 4. The zero-order valence-corrected chi connectivity index (χ0v) is 17.1. The summed E-state index contributed by atoms with van der Waals surface area (Å²) in [6, 6.07) is -0.762. The lowest BCUT2D eigenvalue weighted by molar-refractivity contribution is -0.147. The molecule has 2 rings (SSSR count). The number of likely N-dealkylation sites (N-methyl/N-ethyl adjacent to an activating group) is 2. The Labute approximate surface area is 161 Å². The van der Waals surface area contributed by atoms with E-state index in [1.165, 1.54) is 18.1 Å². The summed E-state index contributed by atoms with van der Waals surface area (Å²) in [4.78, 5) is 44.2. The molecule has 8 heteroatoms. The number of hydrogen-bond donors (Lipinski definition) is 0. The van der Waals surface area contributed by atoms with E-state index in [0.717, 1.165) is 12.8 Å². The highest BCUT2D eigenvalue weighted by Gasteiger charge is 2.46. The van der Waals surface area contributed by atoms with Crippen LogP contribution in [0.3, 0.4) is 0 Å². The predicted octanol–water partition coefficient (Wildman–Crippen LogP) is 0.988. The maximum Gasteiger partial charge on any atom is 0.328 e. The van der Waals surface area contributed by atoms with E-state index >= 15 is 0 Å². The van der Waals surface area contributed by atoms with Gasteiger partial charge in [-0.3, -0.25) is 9.69 Å². The topological polar surface area (TPSA) is 73.4 Å². The Morgan fingerprint density at radius 2 is 1.78 bits per heavy atom. The molecule has 152 valence electrons. The van der Waals surface area contributed by atoms with E-state index in [1.54, 1.807) is 16.8 Å². The molecule has 2 aliphatic rings. The molecule has 0 aliphatic carbocycles. The highest BCUT2D eigenvalue weighted by molar-refractivity contribution is 5.87. The monoisotopic (exact) mass is 380 g/mol. The zero-order chi connectivity index (χ0) is 20.4. The Morgan fingerprint density at radius 3 is 2.26 bits per heavy atom. The molecule has 2 aliphatic heterocycles. The van der Waals surface area contributed by atoms with Crippen molar-refractivity contribution in [1.82, 2.24) is 19.6 Å². The number of amides is 3. The number of esters is 1. The molecule has 0 unspecified atom stereocenters. The van der Waals surface area contributed by atoms with Crippen LogP contribution in [0.2, 0.25) is 0 Å². The van der Waals surface area contributed by atoms with Crippen LogP contribution >= 0.6 is 0 Å². The van der Waals surface area contributed by atoms with Gasteiger partial charge in [-0.25, -0.2) is 9.59 Å². The van der Waals surface area contributed by atoms with Crippen LogP contribution in [0, 0.1) is 5.92 Å². The second kappa shape index (κ2) is 8.29. The van der Waals surface area contributed by atoms with Crippen LogP contribution in [0.5, 0.6) is 0 Å². The molecule has 1 atom stereocenters. The van der Waals surface area contributed by atoms with Gasteiger partial charge in [0.05, 0.1) is 13.8 Å². The third kappa shape index (κ3) is 4.10. The van der Waals surface area contributed by atoms with Gasteiger partial charge in [0.1, 0.15) is 6.04 Å². The van der Waals surface area contributed by atoms with E-state index in [2.05, 4.69) is 11.5 Å². The SMILES string of the molecule is C=CC(=O)N1CN(C)C2(CCN(C(=O)N(C)[C@H](C(=O)OC)C(C)C)CC2)C1. The molecule has 2 fully saturated rings. The van der Waals surface area contributed by atoms with Gasteiger partial charge in [0, 0.05) is 32.2 Å². The second-order valence-corrected chi connectivity index (χ2v) is 7.90. The molecule has 2 saturated heterocycles. The van der Waals surface area contributed by atoms with Gasteiger partial charge in [0.25, 0.3) is 0 Å². The fourth-order valence-electron chi connectivity index (χ4n) is 4.20. The quantitative estimate of drug-likeness (QED) is 0.537. The lowest BCUT2D eigenvalue weighted by atomic mass is 9.87. The summed E-state index contributed by atoms with van der Waals surface area (Å²) in [5.74, 6) is -0.500. The third-order valence-corrected chi connectivity index (χ3v) is 5.92. The molecule has 0 bridgehead atoms. The van der Waals surface area contributed by atoms with Gasteiger partial charge < -0.3 is 19.4 Å². The van der Waals surface area contributed by atoms with Crippen molar-refractivity contribution in [2.24, 2.45) is 5.92 Å². The van der Waals surface area contributed by atoms with Crippen LogP contribution in [0.15, 0.2) is 12.7 Å². The number of likely N-dealkylation sites (tertiary alicyclic amines) is 1. The molecule has 0 N–H and O–H groups in total. The van der Waals surface area contributed by atoms with Crippen LogP contribution in [-0.4, -0.2) is 96.6 Å². The van der Waals surface area contributed by atoms with Crippen molar-refractivity contribution >= 4 is 17.9 Å². The van der Waals surface area contributed by atoms with Crippen molar-refractivity contribution in [3.63, 3.8) is 0 Å². The van der Waals surface area contributed by atoms with Crippen molar-refractivity contribution in [1.29, 1.82) is 0 Å². The maximum absolute atomic E-state index is 12.9. The Morgan fingerprint density at radius 1 is 1.19 bits per heavy atom. The van der Waals surface area contributed by atoms with Gasteiger partial charge in [-0.1, -0.05) is 20.4 Å². The maximum atomic E-state index is 12.9. The fourth-order valence-corrected chi connectivity index (χ4v) is 4.20. The van der Waals surface area contributed by atoms with Gasteiger partial charge in [0.15, 0.2) is 0 Å². The zero-order valence-electron chi connectivity index (χ0n) is 17.1. The van der Waals surface area contributed by atoms with Crippen molar-refractivity contribution in [2.75, 3.05) is 47.5 Å². The Bertz CT molecular complexity index is 599. The van der Waals surface area contributed by atoms with Crippen molar-refractivity contribution in [3.8, 4) is 0 Å². The van der Waals surface area contributed by atoms with Gasteiger partial charge in [-0.05, 0) is 31.9 Å². The number of rotatable bonds is 4. The van der Waals surface area contributed by atoms with Crippen molar-refractivity contribution < 1.29 is 19.1 Å². The normalized spacial score (nSPS) is 20.7. The van der Waals surface area contributed by atoms with Crippen LogP contribution < -0.4 is 0 Å². The average molecular weight is 380 g/mol. The van der Waals surface area contributed by atoms with E-state index in [0.29, 0.717) is 26.3 Å².